The van der Waals surface area contributed by atoms with Crippen molar-refractivity contribution in [3.63, 3.8) is 0 Å². The van der Waals surface area contributed by atoms with Crippen molar-refractivity contribution in [3.05, 3.63) is 32.6 Å². The number of hydrogen-bond acceptors (Lipinski definition) is 5. The topological polar surface area (TPSA) is 175 Å². The molecule has 108 valence electrons. The number of carbonyl (C=O) groups is 3. The lowest BCUT2D eigenvalue weighted by molar-refractivity contribution is -0.143. The molecular weight excluding hydrogens is 272 g/mol. The first kappa shape index (κ1) is 15.1. The minimum Gasteiger partial charge on any atom is -0.480 e. The van der Waals surface area contributed by atoms with E-state index in [0.717, 1.165) is 6.07 Å². The van der Waals surface area contributed by atoms with Crippen LogP contribution in [0.5, 0.6) is 0 Å². The number of hydrogen-bond donors (Lipinski definition) is 5. The molecule has 1 atom stereocenters. The first-order valence-electron chi connectivity index (χ1n) is 5.41. The number of primary amides is 1. The zero-order valence-corrected chi connectivity index (χ0v) is 10.1. The molecule has 0 saturated heterocycles. The maximum absolute atomic E-state index is 11.6. The Balaban J connectivity index is 2.75. The van der Waals surface area contributed by atoms with E-state index in [-0.39, 0.29) is 5.69 Å². The maximum Gasteiger partial charge on any atom is 0.326 e. The third-order valence-electron chi connectivity index (χ3n) is 2.21. The molecule has 0 unspecified atom stereocenters. The van der Waals surface area contributed by atoms with Gasteiger partial charge in [-0.05, 0) is 0 Å². The molecule has 10 nitrogen and oxygen atoms in total. The summed E-state index contributed by atoms with van der Waals surface area (Å²) in [6.07, 6.45) is -0.978. The molecule has 0 aromatic carbocycles. The maximum atomic E-state index is 11.6. The number of carboxylic acid groups (broad SMARTS) is 1. The molecule has 0 aliphatic carbocycles. The van der Waals surface area contributed by atoms with Gasteiger partial charge in [0.25, 0.3) is 5.56 Å². The van der Waals surface area contributed by atoms with Crippen LogP contribution in [0.2, 0.25) is 0 Å². The van der Waals surface area contributed by atoms with Crippen molar-refractivity contribution in [3.8, 4) is 0 Å². The standard InChI is InChI=1S/C10H12N4O6/c11-6(15)3-5(9(18)19)13-7(16)1-4-2-8(17)14-10(20)12-4/h2,5H,1,3H2,(H2,11,15)(H,13,16)(H,18,19)(H2,12,14,17,20)/t5-/m0/s1. The van der Waals surface area contributed by atoms with Crippen LogP contribution < -0.4 is 22.3 Å². The van der Waals surface area contributed by atoms with Crippen molar-refractivity contribution in [2.45, 2.75) is 18.9 Å². The SMILES string of the molecule is NC(=O)C[C@H](NC(=O)Cc1cc(=O)[nH]c(=O)[nH]1)C(=O)O. The van der Waals surface area contributed by atoms with Crippen LogP contribution >= 0.6 is 0 Å². The number of aromatic nitrogens is 2. The van der Waals surface area contributed by atoms with Crippen LogP contribution in [-0.4, -0.2) is 38.9 Å². The van der Waals surface area contributed by atoms with Crippen molar-refractivity contribution < 1.29 is 19.5 Å². The monoisotopic (exact) mass is 284 g/mol. The predicted molar refractivity (Wildman–Crippen MR) is 64.8 cm³/mol. The Hall–Kier alpha value is -2.91. The van der Waals surface area contributed by atoms with Crippen molar-refractivity contribution in [2.75, 3.05) is 0 Å². The second-order valence-electron chi connectivity index (χ2n) is 3.92. The van der Waals surface area contributed by atoms with E-state index in [1.165, 1.54) is 0 Å². The molecule has 0 bridgehead atoms. The van der Waals surface area contributed by atoms with Gasteiger partial charge in [0.05, 0.1) is 12.8 Å². The molecule has 2 amide bonds. The molecule has 0 spiro atoms. The summed E-state index contributed by atoms with van der Waals surface area (Å²) < 4.78 is 0. The highest BCUT2D eigenvalue weighted by Crippen LogP contribution is 1.94. The van der Waals surface area contributed by atoms with Crippen LogP contribution in [0.1, 0.15) is 12.1 Å². The number of amides is 2. The first-order valence-corrected chi connectivity index (χ1v) is 5.41. The molecule has 0 fully saturated rings. The average molecular weight is 284 g/mol. The van der Waals surface area contributed by atoms with Gasteiger partial charge in [0.15, 0.2) is 0 Å². The third kappa shape index (κ3) is 4.76. The number of H-pyrrole nitrogens is 2. The van der Waals surface area contributed by atoms with Gasteiger partial charge in [-0.25, -0.2) is 9.59 Å². The molecule has 1 aromatic rings. The molecule has 0 saturated carbocycles. The van der Waals surface area contributed by atoms with Crippen LogP contribution in [0.15, 0.2) is 15.7 Å². The summed E-state index contributed by atoms with van der Waals surface area (Å²) in [4.78, 5) is 59.1. The minimum atomic E-state index is -1.46. The number of nitrogens with one attached hydrogen (secondary N) is 3. The Morgan fingerprint density at radius 1 is 1.30 bits per heavy atom. The fourth-order valence-electron chi connectivity index (χ4n) is 1.43. The molecule has 0 aliphatic heterocycles. The third-order valence-corrected chi connectivity index (χ3v) is 2.21. The second-order valence-corrected chi connectivity index (χ2v) is 3.92. The molecule has 10 heteroatoms. The lowest BCUT2D eigenvalue weighted by Gasteiger charge is -2.12. The van der Waals surface area contributed by atoms with Crippen molar-refractivity contribution in [1.29, 1.82) is 0 Å². The highest BCUT2D eigenvalue weighted by atomic mass is 16.4. The van der Waals surface area contributed by atoms with Gasteiger partial charge in [-0.1, -0.05) is 0 Å². The second kappa shape index (κ2) is 6.31. The van der Waals surface area contributed by atoms with Crippen LogP contribution in [-0.2, 0) is 20.8 Å². The van der Waals surface area contributed by atoms with E-state index in [9.17, 15) is 24.0 Å². The Labute approximate surface area is 111 Å². The highest BCUT2D eigenvalue weighted by Gasteiger charge is 2.22. The Morgan fingerprint density at radius 3 is 2.45 bits per heavy atom. The number of rotatable bonds is 6. The fraction of sp³-hybridized carbons (Fsp3) is 0.300. The van der Waals surface area contributed by atoms with Gasteiger partial charge in [-0.3, -0.25) is 19.4 Å². The molecular formula is C10H12N4O6. The zero-order valence-electron chi connectivity index (χ0n) is 10.1. The number of carboxylic acids is 1. The van der Waals surface area contributed by atoms with Gasteiger partial charge >= 0.3 is 11.7 Å². The molecule has 20 heavy (non-hydrogen) atoms. The number of aromatic amines is 2. The summed E-state index contributed by atoms with van der Waals surface area (Å²) in [6, 6.07) is -0.473. The largest absolute Gasteiger partial charge is 0.480 e. The van der Waals surface area contributed by atoms with Crippen molar-refractivity contribution in [1.82, 2.24) is 15.3 Å². The first-order chi connectivity index (χ1) is 9.27. The predicted octanol–water partition coefficient (Wildman–Crippen LogP) is -2.95. The van der Waals surface area contributed by atoms with Crippen LogP contribution in [0, 0.1) is 0 Å². The van der Waals surface area contributed by atoms with Gasteiger partial charge in [-0.2, -0.15) is 0 Å². The average Bonchev–Trinajstić information content (AvgIpc) is 2.25. The van der Waals surface area contributed by atoms with Crippen molar-refractivity contribution >= 4 is 17.8 Å². The lowest BCUT2D eigenvalue weighted by atomic mass is 10.2. The summed E-state index contributed by atoms with van der Waals surface area (Å²) in [5.74, 6) is -3.08. The van der Waals surface area contributed by atoms with E-state index in [1.807, 2.05) is 4.98 Å². The van der Waals surface area contributed by atoms with E-state index in [1.54, 1.807) is 0 Å². The van der Waals surface area contributed by atoms with E-state index in [2.05, 4.69) is 10.3 Å². The van der Waals surface area contributed by atoms with E-state index >= 15 is 0 Å². The highest BCUT2D eigenvalue weighted by molar-refractivity contribution is 5.88. The van der Waals surface area contributed by atoms with E-state index in [0.29, 0.717) is 0 Å². The molecule has 1 rings (SSSR count). The molecule has 0 aliphatic rings. The van der Waals surface area contributed by atoms with Crippen molar-refractivity contribution in [2.24, 2.45) is 5.73 Å². The van der Waals surface area contributed by atoms with Gasteiger partial charge in [0, 0.05) is 11.8 Å². The van der Waals surface area contributed by atoms with Gasteiger partial charge in [-0.15, -0.1) is 0 Å². The van der Waals surface area contributed by atoms with Gasteiger partial charge in [0.2, 0.25) is 11.8 Å². The van der Waals surface area contributed by atoms with Crippen LogP contribution in [0.25, 0.3) is 0 Å². The Morgan fingerprint density at radius 2 is 1.95 bits per heavy atom. The Bertz CT molecular complexity index is 617. The normalized spacial score (nSPS) is 11.6. The molecule has 1 aromatic heterocycles. The van der Waals surface area contributed by atoms with Gasteiger partial charge < -0.3 is 21.1 Å². The van der Waals surface area contributed by atoms with Crippen LogP contribution in [0.3, 0.4) is 0 Å². The fourth-order valence-corrected chi connectivity index (χ4v) is 1.43. The number of carbonyl (C=O) groups excluding carboxylic acids is 2. The number of nitrogens with two attached hydrogens (primary N) is 1. The smallest absolute Gasteiger partial charge is 0.326 e. The number of aliphatic carboxylic acids is 1. The summed E-state index contributed by atoms with van der Waals surface area (Å²) >= 11 is 0. The van der Waals surface area contributed by atoms with E-state index < -0.39 is 47.9 Å². The summed E-state index contributed by atoms with van der Waals surface area (Å²) in [5, 5.41) is 10.9. The molecule has 6 N–H and O–H groups in total. The van der Waals surface area contributed by atoms with E-state index in [4.69, 9.17) is 10.8 Å². The molecule has 0 radical (unpaired) electrons. The van der Waals surface area contributed by atoms with Gasteiger partial charge in [0.1, 0.15) is 6.04 Å². The van der Waals surface area contributed by atoms with Crippen LogP contribution in [0.4, 0.5) is 0 Å². The Kier molecular flexibility index (Phi) is 4.78. The quantitative estimate of drug-likeness (QED) is 0.373. The summed E-state index contributed by atoms with van der Waals surface area (Å²) in [5.41, 5.74) is 3.39. The summed E-state index contributed by atoms with van der Waals surface area (Å²) in [6.45, 7) is 0. The zero-order chi connectivity index (χ0) is 15.3. The lowest BCUT2D eigenvalue weighted by Crippen LogP contribution is -2.44. The summed E-state index contributed by atoms with van der Waals surface area (Å²) in [7, 11) is 0. The minimum absolute atomic E-state index is 0.0134. The molecule has 1 heterocycles.